The van der Waals surface area contributed by atoms with E-state index in [0.29, 0.717) is 23.6 Å². The van der Waals surface area contributed by atoms with E-state index in [2.05, 4.69) is 45.5 Å². The van der Waals surface area contributed by atoms with Gasteiger partial charge in [0.2, 0.25) is 0 Å². The van der Waals surface area contributed by atoms with Crippen molar-refractivity contribution in [2.45, 2.75) is 12.8 Å². The predicted octanol–water partition coefficient (Wildman–Crippen LogP) is 4.77. The van der Waals surface area contributed by atoms with Gasteiger partial charge in [0, 0.05) is 54.9 Å². The van der Waals surface area contributed by atoms with Crippen molar-refractivity contribution in [3.63, 3.8) is 0 Å². The zero-order valence-electron chi connectivity index (χ0n) is 21.0. The Bertz CT molecular complexity index is 1360. The highest BCUT2D eigenvalue weighted by molar-refractivity contribution is 5.94. The Morgan fingerprint density at radius 1 is 1.00 bits per heavy atom. The average molecular weight is 486 g/mol. The molecule has 2 N–H and O–H groups in total. The summed E-state index contributed by atoms with van der Waals surface area (Å²) in [5, 5.41) is 4.15. The molecule has 0 saturated carbocycles. The van der Waals surface area contributed by atoms with E-state index in [1.165, 1.54) is 14.0 Å². The number of carbonyl (C=O) groups is 2. The maximum Gasteiger partial charge on any atom is 0.257 e. The number of para-hydroxylation sites is 1. The standard InChI is InChI=1S/C29H31N3O4/c1-19(33)21-11-14-27(28(15-21)35-4)36-18-29(34)31-16-24(20-9-12-22(13-10-20)32(2)3)25-17-30-26-8-6-5-7-23(25)26/h5-15,17,24,30H,16,18H2,1-4H3,(H,31,34). The topological polar surface area (TPSA) is 83.7 Å². The van der Waals surface area contributed by atoms with Crippen molar-refractivity contribution in [3.05, 3.63) is 89.6 Å². The summed E-state index contributed by atoms with van der Waals surface area (Å²) in [6.07, 6.45) is 2.01. The largest absolute Gasteiger partial charge is 0.493 e. The number of H-pyrrole nitrogens is 1. The lowest BCUT2D eigenvalue weighted by Gasteiger charge is -2.20. The number of anilines is 1. The monoisotopic (exact) mass is 485 g/mol. The highest BCUT2D eigenvalue weighted by Crippen LogP contribution is 2.32. The summed E-state index contributed by atoms with van der Waals surface area (Å²) < 4.78 is 11.0. The lowest BCUT2D eigenvalue weighted by Crippen LogP contribution is -2.32. The molecule has 36 heavy (non-hydrogen) atoms. The van der Waals surface area contributed by atoms with Crippen LogP contribution in [0.2, 0.25) is 0 Å². The van der Waals surface area contributed by atoms with Crippen LogP contribution in [0.25, 0.3) is 10.9 Å². The number of methoxy groups -OCH3 is 1. The van der Waals surface area contributed by atoms with E-state index in [-0.39, 0.29) is 24.2 Å². The van der Waals surface area contributed by atoms with Crippen LogP contribution in [0.1, 0.15) is 34.3 Å². The number of ketones is 1. The van der Waals surface area contributed by atoms with Crippen molar-refractivity contribution in [2.24, 2.45) is 0 Å². The number of hydrogen-bond acceptors (Lipinski definition) is 5. The molecule has 0 aliphatic rings. The van der Waals surface area contributed by atoms with Gasteiger partial charge in [0.05, 0.1) is 7.11 Å². The third-order valence-corrected chi connectivity index (χ3v) is 6.24. The number of fused-ring (bicyclic) bond motifs is 1. The molecule has 7 heteroatoms. The van der Waals surface area contributed by atoms with Crippen LogP contribution in [0.3, 0.4) is 0 Å². The zero-order valence-corrected chi connectivity index (χ0v) is 21.0. The molecule has 4 rings (SSSR count). The Kier molecular flexibility index (Phi) is 7.59. The molecule has 1 aromatic heterocycles. The molecule has 1 atom stereocenters. The maximum atomic E-state index is 12.8. The number of carbonyl (C=O) groups excluding carboxylic acids is 2. The van der Waals surface area contributed by atoms with Gasteiger partial charge in [-0.05, 0) is 54.4 Å². The molecule has 0 radical (unpaired) electrons. The van der Waals surface area contributed by atoms with Gasteiger partial charge in [-0.1, -0.05) is 30.3 Å². The van der Waals surface area contributed by atoms with Crippen molar-refractivity contribution in [3.8, 4) is 11.5 Å². The fraction of sp³-hybridized carbons (Fsp3) is 0.241. The quantitative estimate of drug-likeness (QED) is 0.316. The van der Waals surface area contributed by atoms with Gasteiger partial charge >= 0.3 is 0 Å². The van der Waals surface area contributed by atoms with Gasteiger partial charge in [-0.2, -0.15) is 0 Å². The van der Waals surface area contributed by atoms with Crippen LogP contribution in [0.15, 0.2) is 72.9 Å². The maximum absolute atomic E-state index is 12.8. The molecule has 0 saturated heterocycles. The van der Waals surface area contributed by atoms with Gasteiger partial charge in [0.1, 0.15) is 0 Å². The first kappa shape index (κ1) is 24.9. The Balaban J connectivity index is 1.50. The zero-order chi connectivity index (χ0) is 25.7. The molecule has 186 valence electrons. The number of nitrogens with one attached hydrogen (secondary N) is 2. The smallest absolute Gasteiger partial charge is 0.257 e. The van der Waals surface area contributed by atoms with E-state index in [9.17, 15) is 9.59 Å². The lowest BCUT2D eigenvalue weighted by atomic mass is 9.90. The highest BCUT2D eigenvalue weighted by atomic mass is 16.5. The van der Waals surface area contributed by atoms with Crippen molar-refractivity contribution in [1.29, 1.82) is 0 Å². The first-order chi connectivity index (χ1) is 17.4. The number of aromatic nitrogens is 1. The molecule has 0 aliphatic carbocycles. The number of amides is 1. The first-order valence-corrected chi connectivity index (χ1v) is 11.8. The number of benzene rings is 3. The van der Waals surface area contributed by atoms with E-state index in [1.807, 2.05) is 38.5 Å². The molecule has 1 amide bonds. The number of rotatable bonds is 10. The highest BCUT2D eigenvalue weighted by Gasteiger charge is 2.20. The second-order valence-electron chi connectivity index (χ2n) is 8.84. The second-order valence-corrected chi connectivity index (χ2v) is 8.84. The number of nitrogens with zero attached hydrogens (tertiary/aromatic N) is 1. The molecule has 1 heterocycles. The van der Waals surface area contributed by atoms with Gasteiger partial charge in [-0.3, -0.25) is 9.59 Å². The van der Waals surface area contributed by atoms with E-state index in [1.54, 1.807) is 18.2 Å². The normalized spacial score (nSPS) is 11.7. The molecule has 1 unspecified atom stereocenters. The van der Waals surface area contributed by atoms with E-state index < -0.39 is 0 Å². The van der Waals surface area contributed by atoms with Gasteiger partial charge in [0.25, 0.3) is 5.91 Å². The van der Waals surface area contributed by atoms with Crippen LogP contribution >= 0.6 is 0 Å². The molecule has 4 aromatic rings. The minimum Gasteiger partial charge on any atom is -0.493 e. The fourth-order valence-electron chi connectivity index (χ4n) is 4.21. The second kappa shape index (κ2) is 11.0. The van der Waals surface area contributed by atoms with E-state index >= 15 is 0 Å². The van der Waals surface area contributed by atoms with Crippen molar-refractivity contribution in [2.75, 3.05) is 39.3 Å². The molecular formula is C29H31N3O4. The Labute approximate surface area is 211 Å². The molecule has 0 spiro atoms. The summed E-state index contributed by atoms with van der Waals surface area (Å²) in [5.74, 6) is 0.450. The summed E-state index contributed by atoms with van der Waals surface area (Å²) in [6.45, 7) is 1.72. The third kappa shape index (κ3) is 5.51. The lowest BCUT2D eigenvalue weighted by molar-refractivity contribution is -0.123. The summed E-state index contributed by atoms with van der Waals surface area (Å²) in [4.78, 5) is 29.8. The van der Waals surface area contributed by atoms with Crippen LogP contribution in [0.5, 0.6) is 11.5 Å². The number of ether oxygens (including phenoxy) is 2. The van der Waals surface area contributed by atoms with Crippen molar-refractivity contribution >= 4 is 28.3 Å². The molecule has 0 aliphatic heterocycles. The number of hydrogen-bond donors (Lipinski definition) is 2. The van der Waals surface area contributed by atoms with Crippen LogP contribution in [0, 0.1) is 0 Å². The molecule has 0 fully saturated rings. The third-order valence-electron chi connectivity index (χ3n) is 6.24. The predicted molar refractivity (Wildman–Crippen MR) is 142 cm³/mol. The molecule has 3 aromatic carbocycles. The van der Waals surface area contributed by atoms with Gasteiger partial charge in [-0.15, -0.1) is 0 Å². The van der Waals surface area contributed by atoms with Gasteiger partial charge < -0.3 is 24.7 Å². The fourth-order valence-corrected chi connectivity index (χ4v) is 4.21. The summed E-state index contributed by atoms with van der Waals surface area (Å²) in [6, 6.07) is 21.4. The molecule has 0 bridgehead atoms. The van der Waals surface area contributed by atoms with Crippen LogP contribution in [-0.2, 0) is 4.79 Å². The van der Waals surface area contributed by atoms with Crippen molar-refractivity contribution in [1.82, 2.24) is 10.3 Å². The molecular weight excluding hydrogens is 454 g/mol. The number of Topliss-reactive ketones (excluding diaryl/α,β-unsaturated/α-hetero) is 1. The van der Waals surface area contributed by atoms with Gasteiger partial charge in [-0.25, -0.2) is 0 Å². The SMILES string of the molecule is COc1cc(C(C)=O)ccc1OCC(=O)NCC(c1ccc(N(C)C)cc1)c1c[nH]c2ccccc12. The van der Waals surface area contributed by atoms with Crippen LogP contribution in [0.4, 0.5) is 5.69 Å². The van der Waals surface area contributed by atoms with Crippen LogP contribution in [-0.4, -0.2) is 51.0 Å². The summed E-state index contributed by atoms with van der Waals surface area (Å²) >= 11 is 0. The molecule has 7 nitrogen and oxygen atoms in total. The summed E-state index contributed by atoms with van der Waals surface area (Å²) in [7, 11) is 5.52. The van der Waals surface area contributed by atoms with Gasteiger partial charge in [0.15, 0.2) is 23.9 Å². The van der Waals surface area contributed by atoms with Crippen LogP contribution < -0.4 is 19.7 Å². The minimum absolute atomic E-state index is 0.0503. The van der Waals surface area contributed by atoms with E-state index in [4.69, 9.17) is 9.47 Å². The van der Waals surface area contributed by atoms with Crippen molar-refractivity contribution < 1.29 is 19.1 Å². The number of aromatic amines is 1. The first-order valence-electron chi connectivity index (χ1n) is 11.8. The Morgan fingerprint density at radius 2 is 1.75 bits per heavy atom. The Hall–Kier alpha value is -4.26. The minimum atomic E-state index is -0.248. The average Bonchev–Trinajstić information content (AvgIpc) is 3.31. The summed E-state index contributed by atoms with van der Waals surface area (Å²) in [5.41, 5.74) is 4.90. The Morgan fingerprint density at radius 3 is 2.44 bits per heavy atom. The van der Waals surface area contributed by atoms with E-state index in [0.717, 1.165) is 27.7 Å².